The fraction of sp³-hybridized carbons (Fsp3) is 0.212. The van der Waals surface area contributed by atoms with Crippen LogP contribution in [-0.4, -0.2) is 26.0 Å². The van der Waals surface area contributed by atoms with Crippen molar-refractivity contribution < 1.29 is 19.1 Å². The largest absolute Gasteiger partial charge is 0.497 e. The van der Waals surface area contributed by atoms with E-state index in [9.17, 15) is 9.59 Å². The molecule has 6 nitrogen and oxygen atoms in total. The molecule has 0 aromatic heterocycles. The summed E-state index contributed by atoms with van der Waals surface area (Å²) in [7, 11) is 3.28. The van der Waals surface area contributed by atoms with Crippen molar-refractivity contribution in [2.75, 3.05) is 24.9 Å². The second kappa shape index (κ2) is 13.8. The Labute approximate surface area is 230 Å². The first-order chi connectivity index (χ1) is 19.0. The van der Waals surface area contributed by atoms with E-state index in [-0.39, 0.29) is 11.8 Å². The number of carbonyl (C=O) groups is 2. The topological polar surface area (TPSA) is 76.7 Å². The molecule has 0 aliphatic carbocycles. The molecule has 0 saturated carbocycles. The van der Waals surface area contributed by atoms with Gasteiger partial charge in [0.1, 0.15) is 11.5 Å². The minimum Gasteiger partial charge on any atom is -0.497 e. The van der Waals surface area contributed by atoms with E-state index in [2.05, 4.69) is 10.6 Å². The molecule has 0 unspecified atom stereocenters. The number of carbonyl (C=O) groups excluding carboxylic acids is 2. The molecule has 2 amide bonds. The van der Waals surface area contributed by atoms with E-state index >= 15 is 0 Å². The van der Waals surface area contributed by atoms with Crippen LogP contribution in [0.25, 0.3) is 0 Å². The number of amides is 2. The zero-order valence-electron chi connectivity index (χ0n) is 22.4. The Morgan fingerprint density at radius 2 is 0.846 bits per heavy atom. The van der Waals surface area contributed by atoms with E-state index in [1.54, 1.807) is 14.2 Å². The summed E-state index contributed by atoms with van der Waals surface area (Å²) in [5, 5.41) is 5.94. The van der Waals surface area contributed by atoms with Crippen molar-refractivity contribution in [2.24, 2.45) is 0 Å². The second-order valence-electron chi connectivity index (χ2n) is 9.36. The maximum Gasteiger partial charge on any atom is 0.224 e. The highest BCUT2D eigenvalue weighted by Crippen LogP contribution is 2.18. The number of hydrogen-bond donors (Lipinski definition) is 2. The number of anilines is 2. The van der Waals surface area contributed by atoms with Gasteiger partial charge < -0.3 is 20.1 Å². The maximum atomic E-state index is 12.4. The molecule has 0 fully saturated rings. The first-order valence-corrected chi connectivity index (χ1v) is 13.0. The van der Waals surface area contributed by atoms with Gasteiger partial charge in [-0.15, -0.1) is 0 Å². The molecule has 0 aliphatic heterocycles. The van der Waals surface area contributed by atoms with E-state index in [1.807, 2.05) is 97.1 Å². The van der Waals surface area contributed by atoms with Gasteiger partial charge in [0.15, 0.2) is 0 Å². The third-order valence-electron chi connectivity index (χ3n) is 6.48. The molecule has 0 radical (unpaired) electrons. The van der Waals surface area contributed by atoms with E-state index in [1.165, 1.54) is 0 Å². The SMILES string of the molecule is COc1ccc(CCC(=O)Nc2ccc(Cc3ccc(NC(=O)CCc4ccc(OC)cc4)cc3)cc2)cc1. The van der Waals surface area contributed by atoms with Gasteiger partial charge in [0.2, 0.25) is 11.8 Å². The third kappa shape index (κ3) is 8.75. The van der Waals surface area contributed by atoms with E-state index in [0.717, 1.165) is 51.5 Å². The normalized spacial score (nSPS) is 10.5. The van der Waals surface area contributed by atoms with Crippen molar-refractivity contribution in [1.29, 1.82) is 0 Å². The molecule has 39 heavy (non-hydrogen) atoms. The average molecular weight is 523 g/mol. The van der Waals surface area contributed by atoms with Crippen molar-refractivity contribution in [3.8, 4) is 11.5 Å². The molecule has 0 heterocycles. The minimum absolute atomic E-state index is 0.0137. The number of rotatable bonds is 12. The summed E-state index contributed by atoms with van der Waals surface area (Å²) in [4.78, 5) is 24.7. The maximum absolute atomic E-state index is 12.4. The predicted molar refractivity (Wildman–Crippen MR) is 156 cm³/mol. The van der Waals surface area contributed by atoms with Crippen LogP contribution in [0, 0.1) is 0 Å². The summed E-state index contributed by atoms with van der Waals surface area (Å²) in [5.41, 5.74) is 6.04. The zero-order chi connectivity index (χ0) is 27.5. The summed E-state index contributed by atoms with van der Waals surface area (Å²) in [5.74, 6) is 1.59. The summed E-state index contributed by atoms with van der Waals surface area (Å²) in [6.07, 6.45) is 2.94. The Morgan fingerprint density at radius 3 is 1.18 bits per heavy atom. The fourth-order valence-electron chi connectivity index (χ4n) is 4.19. The highest BCUT2D eigenvalue weighted by molar-refractivity contribution is 5.91. The third-order valence-corrected chi connectivity index (χ3v) is 6.48. The van der Waals surface area contributed by atoms with Crippen LogP contribution in [0.1, 0.15) is 35.1 Å². The second-order valence-corrected chi connectivity index (χ2v) is 9.36. The fourth-order valence-corrected chi connectivity index (χ4v) is 4.19. The van der Waals surface area contributed by atoms with Gasteiger partial charge in [-0.05, 0) is 90.0 Å². The smallest absolute Gasteiger partial charge is 0.224 e. The molecule has 0 spiro atoms. The van der Waals surface area contributed by atoms with Gasteiger partial charge in [-0.25, -0.2) is 0 Å². The van der Waals surface area contributed by atoms with Crippen LogP contribution in [0.5, 0.6) is 11.5 Å². The lowest BCUT2D eigenvalue weighted by molar-refractivity contribution is -0.117. The zero-order valence-corrected chi connectivity index (χ0v) is 22.4. The number of ether oxygens (including phenoxy) is 2. The van der Waals surface area contributed by atoms with Gasteiger partial charge in [0.05, 0.1) is 14.2 Å². The van der Waals surface area contributed by atoms with Crippen molar-refractivity contribution in [3.63, 3.8) is 0 Å². The minimum atomic E-state index is -0.0137. The number of nitrogens with one attached hydrogen (secondary N) is 2. The highest BCUT2D eigenvalue weighted by atomic mass is 16.5. The molecule has 4 aromatic carbocycles. The molecule has 0 aliphatic rings. The number of hydrogen-bond acceptors (Lipinski definition) is 4. The van der Waals surface area contributed by atoms with Gasteiger partial charge >= 0.3 is 0 Å². The van der Waals surface area contributed by atoms with Crippen LogP contribution in [0.2, 0.25) is 0 Å². The molecule has 0 atom stereocenters. The summed E-state index contributed by atoms with van der Waals surface area (Å²) in [6, 6.07) is 31.3. The number of aryl methyl sites for hydroxylation is 2. The first-order valence-electron chi connectivity index (χ1n) is 13.0. The van der Waals surface area contributed by atoms with E-state index in [0.29, 0.717) is 25.7 Å². The number of benzene rings is 4. The lowest BCUT2D eigenvalue weighted by atomic mass is 10.0. The van der Waals surface area contributed by atoms with Gasteiger partial charge in [-0.3, -0.25) is 9.59 Å². The Hall–Kier alpha value is -4.58. The van der Waals surface area contributed by atoms with E-state index in [4.69, 9.17) is 9.47 Å². The summed E-state index contributed by atoms with van der Waals surface area (Å²) in [6.45, 7) is 0. The van der Waals surface area contributed by atoms with Crippen LogP contribution in [0.4, 0.5) is 11.4 Å². The van der Waals surface area contributed by atoms with Crippen molar-refractivity contribution >= 4 is 23.2 Å². The molecule has 6 heteroatoms. The standard InChI is InChI=1S/C33H34N2O4/c1-38-30-17-7-24(8-18-30)11-21-32(36)34-28-13-3-26(4-14-28)23-27-5-15-29(16-6-27)35-33(37)22-12-25-9-19-31(39-2)20-10-25/h3-10,13-20H,11-12,21-23H2,1-2H3,(H,34,36)(H,35,37). The van der Waals surface area contributed by atoms with Gasteiger partial charge in [-0.2, -0.15) is 0 Å². The molecule has 4 aromatic rings. The van der Waals surface area contributed by atoms with Crippen LogP contribution in [-0.2, 0) is 28.9 Å². The van der Waals surface area contributed by atoms with Crippen molar-refractivity contribution in [3.05, 3.63) is 119 Å². The lowest BCUT2D eigenvalue weighted by Gasteiger charge is -2.09. The summed E-state index contributed by atoms with van der Waals surface area (Å²) < 4.78 is 10.3. The monoisotopic (exact) mass is 522 g/mol. The Bertz CT molecular complexity index is 1240. The summed E-state index contributed by atoms with van der Waals surface area (Å²) >= 11 is 0. The molecule has 0 saturated heterocycles. The van der Waals surface area contributed by atoms with Crippen molar-refractivity contribution in [2.45, 2.75) is 32.1 Å². The molecular formula is C33H34N2O4. The Kier molecular flexibility index (Phi) is 9.73. The Morgan fingerprint density at radius 1 is 0.513 bits per heavy atom. The number of methoxy groups -OCH3 is 2. The van der Waals surface area contributed by atoms with E-state index < -0.39 is 0 Å². The van der Waals surface area contributed by atoms with Gasteiger partial charge in [-0.1, -0.05) is 48.5 Å². The lowest BCUT2D eigenvalue weighted by Crippen LogP contribution is -2.12. The molecule has 2 N–H and O–H groups in total. The quantitative estimate of drug-likeness (QED) is 0.225. The molecule has 0 bridgehead atoms. The van der Waals surface area contributed by atoms with Crippen LogP contribution in [0.15, 0.2) is 97.1 Å². The van der Waals surface area contributed by atoms with Crippen LogP contribution < -0.4 is 20.1 Å². The van der Waals surface area contributed by atoms with Crippen molar-refractivity contribution in [1.82, 2.24) is 0 Å². The predicted octanol–water partition coefficient (Wildman–Crippen LogP) is 6.44. The molecule has 4 rings (SSSR count). The average Bonchev–Trinajstić information content (AvgIpc) is 2.97. The van der Waals surface area contributed by atoms with Crippen LogP contribution >= 0.6 is 0 Å². The Balaban J connectivity index is 1.20. The molecular weight excluding hydrogens is 488 g/mol. The van der Waals surface area contributed by atoms with Gasteiger partial charge in [0, 0.05) is 24.2 Å². The van der Waals surface area contributed by atoms with Gasteiger partial charge in [0.25, 0.3) is 0 Å². The first kappa shape index (κ1) is 27.5. The molecule has 200 valence electrons. The van der Waals surface area contributed by atoms with Crippen LogP contribution in [0.3, 0.4) is 0 Å². The highest BCUT2D eigenvalue weighted by Gasteiger charge is 2.06.